The second-order valence-corrected chi connectivity index (χ2v) is 6.49. The molecule has 0 heterocycles. The van der Waals surface area contributed by atoms with Gasteiger partial charge in [0, 0.05) is 11.3 Å². The average Bonchev–Trinajstić information content (AvgIpc) is 2.74. The van der Waals surface area contributed by atoms with E-state index in [1.165, 1.54) is 22.3 Å². The van der Waals surface area contributed by atoms with E-state index in [4.69, 9.17) is 0 Å². The summed E-state index contributed by atoms with van der Waals surface area (Å²) in [5, 5.41) is 0. The second kappa shape index (κ2) is 4.30. The largest absolute Gasteiger partial charge is 0.225 e. The Labute approximate surface area is 98.5 Å². The molecule has 0 spiro atoms. The van der Waals surface area contributed by atoms with Gasteiger partial charge < -0.3 is 0 Å². The molecule has 2 atom stereocenters. The van der Waals surface area contributed by atoms with Gasteiger partial charge in [0.15, 0.2) is 0 Å². The Morgan fingerprint density at radius 3 is 1.50 bits per heavy atom. The summed E-state index contributed by atoms with van der Waals surface area (Å²) in [6, 6.07) is 0. The van der Waals surface area contributed by atoms with E-state index in [0.29, 0.717) is 0 Å². The molecule has 0 fully saturated rings. The third kappa shape index (κ3) is 1.82. The maximum atomic E-state index is 14.6. The minimum Gasteiger partial charge on any atom is -0.225 e. The molecule has 2 aliphatic rings. The number of rotatable bonds is 2. The first-order valence-corrected chi connectivity index (χ1v) is 7.04. The normalized spacial score (nSPS) is 30.8. The lowest BCUT2D eigenvalue weighted by Gasteiger charge is -2.22. The van der Waals surface area contributed by atoms with Crippen molar-refractivity contribution >= 4 is 8.23 Å². The summed E-state index contributed by atoms with van der Waals surface area (Å²) < 4.78 is 14.6. The van der Waals surface area contributed by atoms with Crippen molar-refractivity contribution in [2.24, 2.45) is 0 Å². The molecule has 0 saturated carbocycles. The molecule has 0 amide bonds. The summed E-state index contributed by atoms with van der Waals surface area (Å²) in [5.74, 6) is 0. The maximum Gasteiger partial charge on any atom is 0.104 e. The zero-order valence-electron chi connectivity index (χ0n) is 10.3. The highest BCUT2D eigenvalue weighted by atomic mass is 31.2. The Morgan fingerprint density at radius 1 is 0.875 bits per heavy atom. The standard InChI is InChI=1S/C14H18FP/c1-9-5-7-13(11(9)3)16(15)14-8-6-10(2)12(14)4/h5-8,13-14H,1-4H3. The summed E-state index contributed by atoms with van der Waals surface area (Å²) in [6.07, 6.45) is 8.18. The molecule has 0 aromatic heterocycles. The molecule has 0 aromatic carbocycles. The lowest BCUT2D eigenvalue weighted by atomic mass is 10.2. The van der Waals surface area contributed by atoms with Crippen molar-refractivity contribution in [2.75, 3.05) is 0 Å². The molecule has 0 aromatic rings. The smallest absolute Gasteiger partial charge is 0.104 e. The second-order valence-electron chi connectivity index (χ2n) is 4.68. The van der Waals surface area contributed by atoms with E-state index in [0.717, 1.165) is 0 Å². The third-order valence-electron chi connectivity index (χ3n) is 3.72. The Kier molecular flexibility index (Phi) is 3.17. The van der Waals surface area contributed by atoms with Gasteiger partial charge in [-0.1, -0.05) is 46.6 Å². The quantitative estimate of drug-likeness (QED) is 0.598. The Morgan fingerprint density at radius 2 is 1.25 bits per heavy atom. The zero-order chi connectivity index (χ0) is 11.9. The van der Waals surface area contributed by atoms with Gasteiger partial charge in [0.2, 0.25) is 0 Å². The lowest BCUT2D eigenvalue weighted by molar-refractivity contribution is 0.855. The van der Waals surface area contributed by atoms with Gasteiger partial charge in [-0.25, -0.2) is 4.20 Å². The summed E-state index contributed by atoms with van der Waals surface area (Å²) in [4.78, 5) is 0. The van der Waals surface area contributed by atoms with Gasteiger partial charge in [-0.05, 0) is 27.7 Å². The molecule has 0 saturated heterocycles. The van der Waals surface area contributed by atoms with E-state index in [-0.39, 0.29) is 11.3 Å². The van der Waals surface area contributed by atoms with Crippen molar-refractivity contribution in [2.45, 2.75) is 39.0 Å². The van der Waals surface area contributed by atoms with Gasteiger partial charge in [-0.15, -0.1) is 0 Å². The summed E-state index contributed by atoms with van der Waals surface area (Å²) in [7, 11) is -1.50. The Bertz CT molecular complexity index is 386. The van der Waals surface area contributed by atoms with Crippen LogP contribution in [0.25, 0.3) is 0 Å². The number of hydrogen-bond acceptors (Lipinski definition) is 0. The molecule has 2 unspecified atom stereocenters. The van der Waals surface area contributed by atoms with E-state index < -0.39 is 8.23 Å². The van der Waals surface area contributed by atoms with Crippen molar-refractivity contribution in [3.05, 3.63) is 46.6 Å². The van der Waals surface area contributed by atoms with Gasteiger partial charge in [0.05, 0.1) is 0 Å². The van der Waals surface area contributed by atoms with Gasteiger partial charge in [-0.3, -0.25) is 0 Å². The van der Waals surface area contributed by atoms with E-state index in [1.807, 2.05) is 12.2 Å². The van der Waals surface area contributed by atoms with Crippen molar-refractivity contribution in [1.29, 1.82) is 0 Å². The van der Waals surface area contributed by atoms with Crippen LogP contribution in [0.1, 0.15) is 27.7 Å². The van der Waals surface area contributed by atoms with Gasteiger partial charge in [0.1, 0.15) is 8.23 Å². The van der Waals surface area contributed by atoms with Gasteiger partial charge in [0.25, 0.3) is 0 Å². The first-order valence-electron chi connectivity index (χ1n) is 5.67. The van der Waals surface area contributed by atoms with Crippen LogP contribution in [0.15, 0.2) is 46.6 Å². The first-order chi connectivity index (χ1) is 7.52. The molecule has 0 bridgehead atoms. The monoisotopic (exact) mass is 236 g/mol. The Hall–Kier alpha value is -0.680. The van der Waals surface area contributed by atoms with Crippen LogP contribution < -0.4 is 0 Å². The van der Waals surface area contributed by atoms with Crippen molar-refractivity contribution in [3.63, 3.8) is 0 Å². The number of allylic oxidation sites excluding steroid dienone is 8. The summed E-state index contributed by atoms with van der Waals surface area (Å²) in [6.45, 7) is 8.24. The van der Waals surface area contributed by atoms with Crippen LogP contribution >= 0.6 is 8.23 Å². The van der Waals surface area contributed by atoms with Crippen LogP contribution in [0.3, 0.4) is 0 Å². The highest BCUT2D eigenvalue weighted by Crippen LogP contribution is 2.57. The highest BCUT2D eigenvalue weighted by molar-refractivity contribution is 7.54. The zero-order valence-corrected chi connectivity index (χ0v) is 11.2. The fourth-order valence-corrected chi connectivity index (χ4v) is 4.19. The summed E-state index contributed by atoms with van der Waals surface area (Å²) in [5.41, 5.74) is 4.95. The third-order valence-corrected chi connectivity index (χ3v) is 5.90. The van der Waals surface area contributed by atoms with Crippen LogP contribution in [-0.2, 0) is 0 Å². The van der Waals surface area contributed by atoms with Crippen LogP contribution in [0.5, 0.6) is 0 Å². The van der Waals surface area contributed by atoms with Crippen molar-refractivity contribution in [1.82, 2.24) is 0 Å². The average molecular weight is 236 g/mol. The minimum atomic E-state index is -1.50. The number of hydrogen-bond donors (Lipinski definition) is 0. The van der Waals surface area contributed by atoms with Crippen molar-refractivity contribution < 1.29 is 4.20 Å². The van der Waals surface area contributed by atoms with E-state index in [2.05, 4.69) is 39.8 Å². The van der Waals surface area contributed by atoms with Gasteiger partial charge in [-0.2, -0.15) is 0 Å². The molecular weight excluding hydrogens is 218 g/mol. The molecule has 2 aliphatic carbocycles. The molecule has 0 nitrogen and oxygen atoms in total. The molecule has 16 heavy (non-hydrogen) atoms. The Balaban J connectivity index is 2.20. The lowest BCUT2D eigenvalue weighted by Crippen LogP contribution is -2.09. The summed E-state index contributed by atoms with van der Waals surface area (Å²) >= 11 is 0. The van der Waals surface area contributed by atoms with E-state index in [1.54, 1.807) is 0 Å². The van der Waals surface area contributed by atoms with Crippen LogP contribution in [0.2, 0.25) is 0 Å². The predicted octanol–water partition coefficient (Wildman–Crippen LogP) is 4.90. The molecule has 0 radical (unpaired) electrons. The number of halogens is 1. The molecular formula is C14H18FP. The topological polar surface area (TPSA) is 0 Å². The molecule has 2 heteroatoms. The van der Waals surface area contributed by atoms with Crippen molar-refractivity contribution in [3.8, 4) is 0 Å². The van der Waals surface area contributed by atoms with E-state index >= 15 is 0 Å². The van der Waals surface area contributed by atoms with Crippen LogP contribution in [-0.4, -0.2) is 11.3 Å². The van der Waals surface area contributed by atoms with Crippen LogP contribution in [0.4, 0.5) is 4.20 Å². The van der Waals surface area contributed by atoms with E-state index in [9.17, 15) is 4.20 Å². The SMILES string of the molecule is CC1=C(C)C(P(F)C2C=CC(C)=C2C)C=C1. The molecule has 0 N–H and O–H groups in total. The molecule has 0 aliphatic heterocycles. The fourth-order valence-electron chi connectivity index (χ4n) is 2.20. The molecule has 86 valence electrons. The molecule has 2 rings (SSSR count). The van der Waals surface area contributed by atoms with Gasteiger partial charge >= 0.3 is 0 Å². The highest BCUT2D eigenvalue weighted by Gasteiger charge is 2.33. The fraction of sp³-hybridized carbons (Fsp3) is 0.429. The first kappa shape index (κ1) is 11.8. The predicted molar refractivity (Wildman–Crippen MR) is 70.6 cm³/mol. The van der Waals surface area contributed by atoms with Crippen LogP contribution in [0, 0.1) is 0 Å². The maximum absolute atomic E-state index is 14.6. The minimum absolute atomic E-state index is 0.0329.